The minimum atomic E-state index is -4.12. The molecule has 1 saturated carbocycles. The quantitative estimate of drug-likeness (QED) is 0.807. The fourth-order valence-corrected chi connectivity index (χ4v) is 4.23. The first-order valence-electron chi connectivity index (χ1n) is 9.04. The predicted octanol–water partition coefficient (Wildman–Crippen LogP) is 3.38. The number of nitrogens with zero attached hydrogens (tertiary/aromatic N) is 1. The van der Waals surface area contributed by atoms with Gasteiger partial charge in [0.25, 0.3) is 0 Å². The van der Waals surface area contributed by atoms with Gasteiger partial charge in [-0.15, -0.1) is 0 Å². The molecule has 2 aromatic rings. The van der Waals surface area contributed by atoms with Crippen LogP contribution in [0.25, 0.3) is 10.9 Å². The Balaban J connectivity index is 1.27. The van der Waals surface area contributed by atoms with Crippen LogP contribution in [-0.2, 0) is 16.1 Å². The number of piperidine rings is 1. The number of halogens is 3. The molecule has 2 fully saturated rings. The number of aromatic amines is 1. The van der Waals surface area contributed by atoms with E-state index in [0.29, 0.717) is 44.1 Å². The first-order chi connectivity index (χ1) is 12.8. The zero-order valence-corrected chi connectivity index (χ0v) is 15.0. The monoisotopic (exact) mass is 381 g/mol. The summed E-state index contributed by atoms with van der Waals surface area (Å²) in [5, 5.41) is 3.72. The number of alkyl halides is 3. The summed E-state index contributed by atoms with van der Waals surface area (Å²) >= 11 is 0. The molecular formula is C19H22F3N3O2. The number of fused-ring (bicyclic) bond motifs is 2. The molecule has 4 rings (SSSR count). The summed E-state index contributed by atoms with van der Waals surface area (Å²) in [7, 11) is 0. The molecule has 1 amide bonds. The second kappa shape index (κ2) is 6.83. The molecule has 1 aliphatic carbocycles. The van der Waals surface area contributed by atoms with Crippen LogP contribution in [0.15, 0.2) is 24.4 Å². The number of carbonyl (C=O) groups is 1. The van der Waals surface area contributed by atoms with Crippen molar-refractivity contribution in [2.75, 3.05) is 31.6 Å². The van der Waals surface area contributed by atoms with E-state index in [2.05, 4.69) is 10.3 Å². The van der Waals surface area contributed by atoms with E-state index in [4.69, 9.17) is 4.74 Å². The van der Waals surface area contributed by atoms with Gasteiger partial charge >= 0.3 is 6.18 Å². The van der Waals surface area contributed by atoms with Gasteiger partial charge in [-0.2, -0.15) is 13.2 Å². The third-order valence-corrected chi connectivity index (χ3v) is 5.49. The van der Waals surface area contributed by atoms with Crippen LogP contribution in [0.5, 0.6) is 0 Å². The molecule has 2 heterocycles. The molecule has 2 aliphatic rings. The summed E-state index contributed by atoms with van der Waals surface area (Å²) < 4.78 is 43.1. The van der Waals surface area contributed by atoms with Gasteiger partial charge in [-0.05, 0) is 35.4 Å². The van der Waals surface area contributed by atoms with E-state index in [9.17, 15) is 18.0 Å². The van der Waals surface area contributed by atoms with Gasteiger partial charge in [0, 0.05) is 37.1 Å². The van der Waals surface area contributed by atoms with Crippen LogP contribution < -0.4 is 5.32 Å². The molecular weight excluding hydrogens is 359 g/mol. The number of anilines is 1. The largest absolute Gasteiger partial charge is 0.401 e. The lowest BCUT2D eigenvalue weighted by Crippen LogP contribution is -2.34. The van der Waals surface area contributed by atoms with Gasteiger partial charge in [-0.25, -0.2) is 0 Å². The molecule has 5 nitrogen and oxygen atoms in total. The molecule has 1 saturated heterocycles. The highest BCUT2D eigenvalue weighted by Crippen LogP contribution is 2.52. The van der Waals surface area contributed by atoms with E-state index in [0.717, 1.165) is 22.2 Å². The number of hydrogen-bond acceptors (Lipinski definition) is 3. The lowest BCUT2D eigenvalue weighted by atomic mass is 10.1. The van der Waals surface area contributed by atoms with Crippen LogP contribution in [0.2, 0.25) is 0 Å². The standard InChI is InChI=1S/C19H22F3N3O2/c1-11(26)24-18-5-23-17-3-2-12(4-13(17)18)8-27-9-16-14-6-25(7-15(14)16)10-19(20,21)22/h2-5,14-16,23H,6-10H2,1H3,(H,24,26)/t14-,15+,16+. The van der Waals surface area contributed by atoms with Crippen LogP contribution in [0.3, 0.4) is 0 Å². The Hall–Kier alpha value is -2.06. The highest BCUT2D eigenvalue weighted by molar-refractivity contribution is 6.01. The Morgan fingerprint density at radius 2 is 2.07 bits per heavy atom. The number of rotatable bonds is 6. The van der Waals surface area contributed by atoms with Crippen molar-refractivity contribution < 1.29 is 22.7 Å². The van der Waals surface area contributed by atoms with Crippen LogP contribution in [-0.4, -0.2) is 48.2 Å². The van der Waals surface area contributed by atoms with Crippen molar-refractivity contribution in [3.8, 4) is 0 Å². The topological polar surface area (TPSA) is 57.4 Å². The number of amides is 1. The Morgan fingerprint density at radius 1 is 1.33 bits per heavy atom. The highest BCUT2D eigenvalue weighted by atomic mass is 19.4. The number of likely N-dealkylation sites (tertiary alicyclic amines) is 1. The molecule has 2 N–H and O–H groups in total. The molecule has 3 atom stereocenters. The number of carbonyl (C=O) groups excluding carboxylic acids is 1. The van der Waals surface area contributed by atoms with Gasteiger partial charge < -0.3 is 15.0 Å². The number of H-pyrrole nitrogens is 1. The Kier molecular flexibility index (Phi) is 4.63. The maximum Gasteiger partial charge on any atom is 0.401 e. The fraction of sp³-hybridized carbons (Fsp3) is 0.526. The van der Waals surface area contributed by atoms with Gasteiger partial charge in [0.15, 0.2) is 0 Å². The number of ether oxygens (including phenoxy) is 1. The SMILES string of the molecule is CC(=O)Nc1c[nH]c2ccc(COC[C@@H]3[C@H]4CN(CC(F)(F)F)C[C@@H]34)cc12. The van der Waals surface area contributed by atoms with Crippen molar-refractivity contribution in [1.82, 2.24) is 9.88 Å². The summed E-state index contributed by atoms with van der Waals surface area (Å²) in [5.41, 5.74) is 2.67. The molecule has 0 bridgehead atoms. The Labute approximate surface area is 154 Å². The molecule has 27 heavy (non-hydrogen) atoms. The smallest absolute Gasteiger partial charge is 0.376 e. The molecule has 146 valence electrons. The van der Waals surface area contributed by atoms with Crippen molar-refractivity contribution in [3.05, 3.63) is 30.0 Å². The second-order valence-corrected chi connectivity index (χ2v) is 7.58. The minimum Gasteiger partial charge on any atom is -0.376 e. The van der Waals surface area contributed by atoms with Gasteiger partial charge in [-0.3, -0.25) is 9.69 Å². The van der Waals surface area contributed by atoms with Crippen LogP contribution in [0.4, 0.5) is 18.9 Å². The molecule has 1 aliphatic heterocycles. The van der Waals surface area contributed by atoms with E-state index in [1.807, 2.05) is 18.2 Å². The Bertz CT molecular complexity index is 836. The first-order valence-corrected chi connectivity index (χ1v) is 9.04. The fourth-order valence-electron chi connectivity index (χ4n) is 4.23. The first kappa shape index (κ1) is 18.3. The molecule has 0 unspecified atom stereocenters. The van der Waals surface area contributed by atoms with Gasteiger partial charge in [0.05, 0.1) is 25.4 Å². The highest BCUT2D eigenvalue weighted by Gasteiger charge is 2.56. The number of hydrogen-bond donors (Lipinski definition) is 2. The zero-order valence-electron chi connectivity index (χ0n) is 15.0. The zero-order chi connectivity index (χ0) is 19.2. The lowest BCUT2D eigenvalue weighted by Gasteiger charge is -2.20. The summed E-state index contributed by atoms with van der Waals surface area (Å²) in [5.74, 6) is 0.926. The number of aromatic nitrogens is 1. The molecule has 0 spiro atoms. The molecule has 1 aromatic carbocycles. The number of nitrogens with one attached hydrogen (secondary N) is 2. The van der Waals surface area contributed by atoms with Gasteiger partial charge in [0.1, 0.15) is 0 Å². The van der Waals surface area contributed by atoms with E-state index >= 15 is 0 Å². The molecule has 1 aromatic heterocycles. The van der Waals surface area contributed by atoms with E-state index in [1.165, 1.54) is 11.8 Å². The van der Waals surface area contributed by atoms with Crippen LogP contribution in [0.1, 0.15) is 12.5 Å². The summed E-state index contributed by atoms with van der Waals surface area (Å²) in [4.78, 5) is 15.9. The van der Waals surface area contributed by atoms with E-state index < -0.39 is 12.7 Å². The Morgan fingerprint density at radius 3 is 2.74 bits per heavy atom. The van der Waals surface area contributed by atoms with Crippen molar-refractivity contribution in [3.63, 3.8) is 0 Å². The second-order valence-electron chi connectivity index (χ2n) is 7.58. The van der Waals surface area contributed by atoms with Crippen molar-refractivity contribution >= 4 is 22.5 Å². The van der Waals surface area contributed by atoms with Crippen molar-refractivity contribution in [2.24, 2.45) is 17.8 Å². The van der Waals surface area contributed by atoms with Crippen LogP contribution >= 0.6 is 0 Å². The van der Waals surface area contributed by atoms with Crippen molar-refractivity contribution in [1.29, 1.82) is 0 Å². The van der Waals surface area contributed by atoms with Crippen molar-refractivity contribution in [2.45, 2.75) is 19.7 Å². The summed E-state index contributed by atoms with van der Waals surface area (Å²) in [6.45, 7) is 2.73. The summed E-state index contributed by atoms with van der Waals surface area (Å²) in [6.07, 6.45) is -2.36. The third-order valence-electron chi connectivity index (χ3n) is 5.49. The minimum absolute atomic E-state index is 0.127. The van der Waals surface area contributed by atoms with Gasteiger partial charge in [0.2, 0.25) is 5.91 Å². The third kappa shape index (κ3) is 4.11. The summed E-state index contributed by atoms with van der Waals surface area (Å²) in [6, 6.07) is 5.89. The van der Waals surface area contributed by atoms with Crippen LogP contribution in [0, 0.1) is 17.8 Å². The van der Waals surface area contributed by atoms with Gasteiger partial charge in [-0.1, -0.05) is 6.07 Å². The molecule has 0 radical (unpaired) electrons. The number of benzene rings is 1. The predicted molar refractivity (Wildman–Crippen MR) is 95.2 cm³/mol. The maximum absolute atomic E-state index is 12.4. The lowest BCUT2D eigenvalue weighted by molar-refractivity contribution is -0.145. The van der Waals surface area contributed by atoms with E-state index in [1.54, 1.807) is 6.20 Å². The van der Waals surface area contributed by atoms with E-state index in [-0.39, 0.29) is 5.91 Å². The molecule has 8 heteroatoms. The normalized spacial score (nSPS) is 25.0. The average molecular weight is 381 g/mol. The maximum atomic E-state index is 12.4. The average Bonchev–Trinajstić information content (AvgIpc) is 2.92.